The molecule has 1 aliphatic rings. The summed E-state index contributed by atoms with van der Waals surface area (Å²) in [6, 6.07) is 7.92. The largest absolute Gasteiger partial charge is 0.382 e. The topological polar surface area (TPSA) is 45.0 Å². The van der Waals surface area contributed by atoms with Gasteiger partial charge in [0.05, 0.1) is 10.6 Å². The average molecular weight is 237 g/mol. The molecule has 0 amide bonds. The first-order valence-electron chi connectivity index (χ1n) is 5.33. The molecule has 2 rings (SSSR count). The van der Waals surface area contributed by atoms with Crippen LogP contribution in [0, 0.1) is 11.3 Å². The van der Waals surface area contributed by atoms with Crippen LogP contribution in [0.4, 0.5) is 5.69 Å². The van der Waals surface area contributed by atoms with Crippen LogP contribution in [0.15, 0.2) is 18.2 Å². The standard InChI is InChI=1S/C12H13ClN2O/c13-12-7-11(2-1-9(12)8-14)15-10-3-5-16-6-4-10/h1-2,7,10,15H,3-6H2. The van der Waals surface area contributed by atoms with Crippen LogP contribution in [-0.2, 0) is 4.74 Å². The summed E-state index contributed by atoms with van der Waals surface area (Å²) < 4.78 is 5.29. The van der Waals surface area contributed by atoms with E-state index in [-0.39, 0.29) is 0 Å². The number of anilines is 1. The maximum atomic E-state index is 8.76. The van der Waals surface area contributed by atoms with E-state index in [1.54, 1.807) is 12.1 Å². The van der Waals surface area contributed by atoms with Crippen molar-refractivity contribution in [1.82, 2.24) is 0 Å². The molecule has 0 aliphatic carbocycles. The van der Waals surface area contributed by atoms with Crippen LogP contribution in [0.25, 0.3) is 0 Å². The number of rotatable bonds is 2. The lowest BCUT2D eigenvalue weighted by Gasteiger charge is -2.24. The molecule has 1 fully saturated rings. The van der Waals surface area contributed by atoms with E-state index in [1.165, 1.54) is 0 Å². The Balaban J connectivity index is 2.04. The quantitative estimate of drug-likeness (QED) is 0.859. The fourth-order valence-electron chi connectivity index (χ4n) is 1.77. The SMILES string of the molecule is N#Cc1ccc(NC2CCOCC2)cc1Cl. The number of hydrogen-bond acceptors (Lipinski definition) is 3. The molecule has 1 aromatic carbocycles. The van der Waals surface area contributed by atoms with Crippen LogP contribution >= 0.6 is 11.6 Å². The molecular formula is C12H13ClN2O. The lowest BCUT2D eigenvalue weighted by atomic mass is 10.1. The highest BCUT2D eigenvalue weighted by Crippen LogP contribution is 2.22. The lowest BCUT2D eigenvalue weighted by molar-refractivity contribution is 0.0904. The van der Waals surface area contributed by atoms with E-state index in [0.717, 1.165) is 31.7 Å². The van der Waals surface area contributed by atoms with E-state index in [4.69, 9.17) is 21.6 Å². The summed E-state index contributed by atoms with van der Waals surface area (Å²) in [5, 5.41) is 12.7. The number of benzene rings is 1. The number of nitriles is 1. The van der Waals surface area contributed by atoms with Gasteiger partial charge in [0, 0.05) is 24.9 Å². The first-order valence-corrected chi connectivity index (χ1v) is 5.71. The highest BCUT2D eigenvalue weighted by molar-refractivity contribution is 6.32. The minimum atomic E-state index is 0.442. The maximum Gasteiger partial charge on any atom is 0.101 e. The highest BCUT2D eigenvalue weighted by Gasteiger charge is 2.13. The van der Waals surface area contributed by atoms with Gasteiger partial charge in [-0.1, -0.05) is 11.6 Å². The molecule has 84 valence electrons. The summed E-state index contributed by atoms with van der Waals surface area (Å²) in [5.41, 5.74) is 1.48. The Bertz CT molecular complexity index is 408. The second-order valence-corrected chi connectivity index (χ2v) is 4.24. The van der Waals surface area contributed by atoms with E-state index in [9.17, 15) is 0 Å². The van der Waals surface area contributed by atoms with E-state index < -0.39 is 0 Å². The molecule has 0 spiro atoms. The normalized spacial score (nSPS) is 16.8. The molecule has 0 atom stereocenters. The minimum Gasteiger partial charge on any atom is -0.382 e. The summed E-state index contributed by atoms with van der Waals surface area (Å²) in [4.78, 5) is 0. The van der Waals surface area contributed by atoms with E-state index in [2.05, 4.69) is 5.32 Å². The smallest absolute Gasteiger partial charge is 0.101 e. The van der Waals surface area contributed by atoms with E-state index in [0.29, 0.717) is 16.6 Å². The third-order valence-electron chi connectivity index (χ3n) is 2.68. The van der Waals surface area contributed by atoms with Crippen molar-refractivity contribution in [3.05, 3.63) is 28.8 Å². The van der Waals surface area contributed by atoms with E-state index >= 15 is 0 Å². The molecule has 1 N–H and O–H groups in total. The van der Waals surface area contributed by atoms with Crippen LogP contribution in [0.3, 0.4) is 0 Å². The molecule has 16 heavy (non-hydrogen) atoms. The van der Waals surface area contributed by atoms with Gasteiger partial charge in [0.15, 0.2) is 0 Å². The average Bonchev–Trinajstić information content (AvgIpc) is 2.31. The van der Waals surface area contributed by atoms with Crippen molar-refractivity contribution in [2.45, 2.75) is 18.9 Å². The summed E-state index contributed by atoms with van der Waals surface area (Å²) in [6.07, 6.45) is 2.02. The van der Waals surface area contributed by atoms with Crippen molar-refractivity contribution >= 4 is 17.3 Å². The van der Waals surface area contributed by atoms with Gasteiger partial charge in [0.25, 0.3) is 0 Å². The Hall–Kier alpha value is -1.24. The summed E-state index contributed by atoms with van der Waals surface area (Å²) in [5.74, 6) is 0. The molecule has 1 aromatic rings. The van der Waals surface area contributed by atoms with Crippen molar-refractivity contribution in [3.8, 4) is 6.07 Å². The zero-order valence-electron chi connectivity index (χ0n) is 8.87. The van der Waals surface area contributed by atoms with Gasteiger partial charge in [-0.3, -0.25) is 0 Å². The van der Waals surface area contributed by atoms with Crippen LogP contribution in [0.5, 0.6) is 0 Å². The Morgan fingerprint density at radius 3 is 2.75 bits per heavy atom. The van der Waals surface area contributed by atoms with Crippen molar-refractivity contribution in [3.63, 3.8) is 0 Å². The van der Waals surface area contributed by atoms with E-state index in [1.807, 2.05) is 12.1 Å². The zero-order valence-corrected chi connectivity index (χ0v) is 9.63. The Labute approximate surface area is 100.0 Å². The van der Waals surface area contributed by atoms with Crippen molar-refractivity contribution in [1.29, 1.82) is 5.26 Å². The third-order valence-corrected chi connectivity index (χ3v) is 2.99. The minimum absolute atomic E-state index is 0.442. The first-order chi connectivity index (χ1) is 7.79. The molecule has 3 nitrogen and oxygen atoms in total. The molecule has 0 saturated carbocycles. The Morgan fingerprint density at radius 2 is 2.12 bits per heavy atom. The van der Waals surface area contributed by atoms with Crippen molar-refractivity contribution in [2.75, 3.05) is 18.5 Å². The van der Waals surface area contributed by atoms with Gasteiger partial charge in [0.2, 0.25) is 0 Å². The second kappa shape index (κ2) is 5.20. The number of halogens is 1. The number of nitrogens with zero attached hydrogens (tertiary/aromatic N) is 1. The van der Waals surface area contributed by atoms with Crippen LogP contribution in [0.1, 0.15) is 18.4 Å². The number of ether oxygens (including phenoxy) is 1. The fraction of sp³-hybridized carbons (Fsp3) is 0.417. The Morgan fingerprint density at radius 1 is 1.38 bits per heavy atom. The molecule has 1 aliphatic heterocycles. The summed E-state index contributed by atoms with van der Waals surface area (Å²) in [6.45, 7) is 1.61. The van der Waals surface area contributed by atoms with Gasteiger partial charge in [-0.05, 0) is 31.0 Å². The molecule has 0 radical (unpaired) electrons. The number of hydrogen-bond donors (Lipinski definition) is 1. The summed E-state index contributed by atoms with van der Waals surface area (Å²) >= 11 is 5.96. The number of nitrogens with one attached hydrogen (secondary N) is 1. The highest BCUT2D eigenvalue weighted by atomic mass is 35.5. The van der Waals surface area contributed by atoms with Crippen LogP contribution in [0.2, 0.25) is 5.02 Å². The molecule has 0 aromatic heterocycles. The molecular weight excluding hydrogens is 224 g/mol. The lowest BCUT2D eigenvalue weighted by Crippen LogP contribution is -2.27. The molecule has 1 saturated heterocycles. The van der Waals surface area contributed by atoms with Crippen LogP contribution < -0.4 is 5.32 Å². The van der Waals surface area contributed by atoms with Gasteiger partial charge in [-0.2, -0.15) is 5.26 Å². The first kappa shape index (κ1) is 11.3. The van der Waals surface area contributed by atoms with Gasteiger partial charge < -0.3 is 10.1 Å². The monoisotopic (exact) mass is 236 g/mol. The maximum absolute atomic E-state index is 8.76. The fourth-order valence-corrected chi connectivity index (χ4v) is 2.00. The molecule has 1 heterocycles. The predicted molar refractivity (Wildman–Crippen MR) is 63.6 cm³/mol. The molecule has 0 unspecified atom stereocenters. The van der Waals surface area contributed by atoms with Gasteiger partial charge in [-0.15, -0.1) is 0 Å². The Kier molecular flexibility index (Phi) is 3.66. The zero-order chi connectivity index (χ0) is 11.4. The summed E-state index contributed by atoms with van der Waals surface area (Å²) in [7, 11) is 0. The molecule has 4 heteroatoms. The van der Waals surface area contributed by atoms with Crippen LogP contribution in [-0.4, -0.2) is 19.3 Å². The van der Waals surface area contributed by atoms with Gasteiger partial charge in [-0.25, -0.2) is 0 Å². The van der Waals surface area contributed by atoms with Gasteiger partial charge >= 0.3 is 0 Å². The second-order valence-electron chi connectivity index (χ2n) is 3.84. The third kappa shape index (κ3) is 2.66. The van der Waals surface area contributed by atoms with Crippen molar-refractivity contribution in [2.24, 2.45) is 0 Å². The molecule has 0 bridgehead atoms. The van der Waals surface area contributed by atoms with Gasteiger partial charge in [0.1, 0.15) is 6.07 Å². The van der Waals surface area contributed by atoms with Crippen molar-refractivity contribution < 1.29 is 4.74 Å². The predicted octanol–water partition coefficient (Wildman–Crippen LogP) is 2.80.